The normalized spacial score (nSPS) is 22.3. The lowest BCUT2D eigenvalue weighted by molar-refractivity contribution is -0.238. The molecule has 1 aliphatic heterocycles. The Morgan fingerprint density at radius 2 is 1.46 bits per heavy atom. The highest BCUT2D eigenvalue weighted by molar-refractivity contribution is 14.1. The fourth-order valence-electron chi connectivity index (χ4n) is 3.66. The zero-order valence-electron chi connectivity index (χ0n) is 17.0. The number of hydrogen-bond donors (Lipinski definition) is 2. The number of aliphatic hydroxyl groups excluding tert-OH is 2. The summed E-state index contributed by atoms with van der Waals surface area (Å²) in [6.07, 6.45) is -19.3. The third-order valence-corrected chi connectivity index (χ3v) is 5.84. The molecule has 2 aromatic heterocycles. The minimum atomic E-state index is -5.38. The number of rotatable bonds is 5. The second-order valence-corrected chi connectivity index (χ2v) is 8.56. The smallest absolute Gasteiger partial charge is 0.383 e. The molecule has 16 heteroatoms. The fourth-order valence-corrected chi connectivity index (χ4v) is 4.55. The fraction of sp³-hybridized carbons (Fsp3) is 0.421. The molecule has 0 saturated carbocycles. The van der Waals surface area contributed by atoms with Crippen LogP contribution in [-0.2, 0) is 12.4 Å². The van der Waals surface area contributed by atoms with Crippen LogP contribution < -0.4 is 5.01 Å². The SMILES string of the molecule is OC1N(c2cncc(C(F)(F)F)c2)N=C(c2cncc(C(F)(F)F)c2)C1(CCI)C(O)C(F)(F)F. The standard InChI is InChI=1S/C19H14F9IN4O2/c20-17(21,22)10-3-9(5-30-6-10)13-16(1-2-29,14(34)19(26,27)28)15(35)33(32-13)12-4-11(7-31-8-12)18(23,24)25/h3-8,14-15,34-35H,1-2H2. The molecule has 0 saturated heterocycles. The van der Waals surface area contributed by atoms with Crippen LogP contribution >= 0.6 is 22.6 Å². The highest BCUT2D eigenvalue weighted by Gasteiger charge is 2.63. The number of alkyl halides is 10. The summed E-state index contributed by atoms with van der Waals surface area (Å²) in [5.74, 6) is 0. The first-order chi connectivity index (χ1) is 16.0. The van der Waals surface area contributed by atoms with Crippen molar-refractivity contribution in [1.29, 1.82) is 0 Å². The van der Waals surface area contributed by atoms with E-state index in [1.807, 2.05) is 0 Å². The monoisotopic (exact) mass is 628 g/mol. The van der Waals surface area contributed by atoms with Gasteiger partial charge in [0.25, 0.3) is 0 Å². The van der Waals surface area contributed by atoms with Crippen molar-refractivity contribution in [1.82, 2.24) is 9.97 Å². The van der Waals surface area contributed by atoms with E-state index in [1.54, 1.807) is 22.6 Å². The van der Waals surface area contributed by atoms with Crippen molar-refractivity contribution in [3.8, 4) is 0 Å². The molecule has 3 heterocycles. The van der Waals surface area contributed by atoms with Crippen LogP contribution in [0.1, 0.15) is 23.1 Å². The summed E-state index contributed by atoms with van der Waals surface area (Å²) < 4.78 is 120. The van der Waals surface area contributed by atoms with Gasteiger partial charge >= 0.3 is 18.5 Å². The first-order valence-corrected chi connectivity index (χ1v) is 11.0. The van der Waals surface area contributed by atoms with Gasteiger partial charge in [-0.3, -0.25) is 9.97 Å². The summed E-state index contributed by atoms with van der Waals surface area (Å²) in [5.41, 5.74) is -7.50. The quantitative estimate of drug-likeness (QED) is 0.283. The van der Waals surface area contributed by atoms with Crippen LogP contribution in [-0.4, -0.2) is 48.8 Å². The van der Waals surface area contributed by atoms with Gasteiger partial charge in [-0.15, -0.1) is 0 Å². The molecule has 3 rings (SSSR count). The van der Waals surface area contributed by atoms with Crippen molar-refractivity contribution in [3.63, 3.8) is 0 Å². The van der Waals surface area contributed by atoms with E-state index in [2.05, 4.69) is 15.1 Å². The maximum atomic E-state index is 13.8. The van der Waals surface area contributed by atoms with E-state index in [4.69, 9.17) is 0 Å². The zero-order chi connectivity index (χ0) is 26.4. The lowest BCUT2D eigenvalue weighted by Gasteiger charge is -2.39. The van der Waals surface area contributed by atoms with Gasteiger partial charge in [-0.2, -0.15) is 44.6 Å². The second kappa shape index (κ2) is 9.34. The molecule has 6 nitrogen and oxygen atoms in total. The van der Waals surface area contributed by atoms with E-state index in [1.165, 1.54) is 0 Å². The van der Waals surface area contributed by atoms with Crippen LogP contribution in [0, 0.1) is 5.41 Å². The van der Waals surface area contributed by atoms with E-state index in [9.17, 15) is 49.7 Å². The van der Waals surface area contributed by atoms with Crippen LogP contribution in [0.25, 0.3) is 0 Å². The van der Waals surface area contributed by atoms with Gasteiger partial charge in [0.05, 0.1) is 34.1 Å². The summed E-state index contributed by atoms with van der Waals surface area (Å²) in [6, 6.07) is 0.874. The summed E-state index contributed by atoms with van der Waals surface area (Å²) >= 11 is 1.63. The minimum absolute atomic E-state index is 0.151. The predicted molar refractivity (Wildman–Crippen MR) is 111 cm³/mol. The van der Waals surface area contributed by atoms with Gasteiger partial charge < -0.3 is 10.2 Å². The molecular formula is C19H14F9IN4O2. The minimum Gasteiger partial charge on any atom is -0.383 e. The van der Waals surface area contributed by atoms with Gasteiger partial charge in [-0.05, 0) is 18.6 Å². The summed E-state index contributed by atoms with van der Waals surface area (Å²) in [5, 5.41) is 25.4. The lowest BCUT2D eigenvalue weighted by atomic mass is 9.71. The molecule has 192 valence electrons. The third-order valence-electron chi connectivity index (χ3n) is 5.30. The number of hydrogen-bond acceptors (Lipinski definition) is 6. The Morgan fingerprint density at radius 3 is 1.97 bits per heavy atom. The Hall–Kier alpha value is -2.21. The molecule has 3 unspecified atom stereocenters. The summed E-state index contributed by atoms with van der Waals surface area (Å²) in [6.45, 7) is 0. The molecule has 0 aliphatic carbocycles. The van der Waals surface area contributed by atoms with Gasteiger partial charge in [0.1, 0.15) is 0 Å². The van der Waals surface area contributed by atoms with Gasteiger partial charge in [0.2, 0.25) is 0 Å². The summed E-state index contributed by atoms with van der Waals surface area (Å²) in [7, 11) is 0. The number of pyridine rings is 2. The molecule has 0 spiro atoms. The lowest BCUT2D eigenvalue weighted by Crippen LogP contribution is -2.57. The molecule has 0 radical (unpaired) electrons. The van der Waals surface area contributed by atoms with Crippen molar-refractivity contribution >= 4 is 34.0 Å². The van der Waals surface area contributed by atoms with E-state index in [0.717, 1.165) is 12.4 Å². The third kappa shape index (κ3) is 5.18. The first-order valence-electron chi connectivity index (χ1n) is 9.45. The van der Waals surface area contributed by atoms with Gasteiger partial charge in [-0.1, -0.05) is 22.6 Å². The maximum absolute atomic E-state index is 13.8. The Balaban J connectivity index is 2.28. The first kappa shape index (κ1) is 27.4. The van der Waals surface area contributed by atoms with Gasteiger partial charge in [-0.25, -0.2) is 5.01 Å². The van der Waals surface area contributed by atoms with Gasteiger partial charge in [0, 0.05) is 28.6 Å². The highest BCUT2D eigenvalue weighted by atomic mass is 127. The molecular weight excluding hydrogens is 614 g/mol. The number of hydrazone groups is 1. The van der Waals surface area contributed by atoms with Crippen molar-refractivity contribution in [2.45, 2.75) is 37.3 Å². The second-order valence-electron chi connectivity index (χ2n) is 7.48. The molecule has 2 aromatic rings. The average Bonchev–Trinajstić information content (AvgIpc) is 3.05. The van der Waals surface area contributed by atoms with E-state index < -0.39 is 70.8 Å². The Labute approximate surface area is 204 Å². The average molecular weight is 628 g/mol. The Kier molecular flexibility index (Phi) is 7.31. The van der Waals surface area contributed by atoms with Crippen molar-refractivity contribution < 1.29 is 49.7 Å². The Morgan fingerprint density at radius 1 is 0.914 bits per heavy atom. The number of aromatic nitrogens is 2. The van der Waals surface area contributed by atoms with Crippen LogP contribution in [0.15, 0.2) is 42.0 Å². The van der Waals surface area contributed by atoms with Crippen molar-refractivity contribution in [2.75, 3.05) is 9.44 Å². The maximum Gasteiger partial charge on any atom is 0.417 e. The van der Waals surface area contributed by atoms with Crippen molar-refractivity contribution in [2.24, 2.45) is 10.5 Å². The topological polar surface area (TPSA) is 81.8 Å². The molecule has 3 atom stereocenters. The largest absolute Gasteiger partial charge is 0.417 e. The van der Waals surface area contributed by atoms with E-state index in [-0.39, 0.29) is 4.43 Å². The zero-order valence-corrected chi connectivity index (χ0v) is 19.2. The van der Waals surface area contributed by atoms with E-state index in [0.29, 0.717) is 29.5 Å². The van der Waals surface area contributed by atoms with Gasteiger partial charge in [0.15, 0.2) is 12.3 Å². The molecule has 0 amide bonds. The molecule has 2 N–H and O–H groups in total. The van der Waals surface area contributed by atoms with Crippen LogP contribution in [0.2, 0.25) is 0 Å². The summed E-state index contributed by atoms with van der Waals surface area (Å²) in [4.78, 5) is 6.76. The molecule has 0 aromatic carbocycles. The van der Waals surface area contributed by atoms with Crippen LogP contribution in [0.5, 0.6) is 0 Å². The molecule has 0 bridgehead atoms. The number of halogens is 10. The Bertz CT molecular complexity index is 1110. The molecule has 0 fully saturated rings. The predicted octanol–water partition coefficient (Wildman–Crippen LogP) is 4.79. The molecule has 35 heavy (non-hydrogen) atoms. The molecule has 1 aliphatic rings. The number of anilines is 1. The van der Waals surface area contributed by atoms with Crippen LogP contribution in [0.3, 0.4) is 0 Å². The number of nitrogens with zero attached hydrogens (tertiary/aromatic N) is 4. The van der Waals surface area contributed by atoms with Crippen LogP contribution in [0.4, 0.5) is 45.2 Å². The highest BCUT2D eigenvalue weighted by Crippen LogP contribution is 2.49. The van der Waals surface area contributed by atoms with E-state index >= 15 is 0 Å². The van der Waals surface area contributed by atoms with Crippen molar-refractivity contribution in [3.05, 3.63) is 53.6 Å². The number of aliphatic hydroxyl groups is 2.